The maximum absolute atomic E-state index is 11.9. The van der Waals surface area contributed by atoms with E-state index in [9.17, 15) is 4.79 Å². The van der Waals surface area contributed by atoms with Gasteiger partial charge in [0.1, 0.15) is 0 Å². The summed E-state index contributed by atoms with van der Waals surface area (Å²) >= 11 is 0. The lowest BCUT2D eigenvalue weighted by molar-refractivity contribution is 0.248. The summed E-state index contributed by atoms with van der Waals surface area (Å²) in [6.45, 7) is 6.08. The second-order valence-electron chi connectivity index (χ2n) is 4.89. The Morgan fingerprint density at radius 2 is 2.05 bits per heavy atom. The Hall–Kier alpha value is -1.95. The summed E-state index contributed by atoms with van der Waals surface area (Å²) in [6.07, 6.45) is 7.39. The second-order valence-corrected chi connectivity index (χ2v) is 4.89. The predicted molar refractivity (Wildman–Crippen MR) is 80.1 cm³/mol. The summed E-state index contributed by atoms with van der Waals surface area (Å²) in [5.74, 6) is 2.80. The average molecular weight is 258 g/mol. The number of rotatable bonds is 5. The van der Waals surface area contributed by atoms with Gasteiger partial charge < -0.3 is 10.6 Å². The number of para-hydroxylation sites is 1. The zero-order valence-electron chi connectivity index (χ0n) is 11.9. The van der Waals surface area contributed by atoms with E-state index < -0.39 is 0 Å². The number of carbonyl (C=O) groups excluding carboxylic acids is 1. The molecular weight excluding hydrogens is 236 g/mol. The van der Waals surface area contributed by atoms with E-state index in [1.165, 1.54) is 0 Å². The molecule has 1 rings (SSSR count). The molecule has 0 aliphatic heterocycles. The molecule has 1 aromatic carbocycles. The molecule has 0 aliphatic carbocycles. The molecule has 0 heterocycles. The van der Waals surface area contributed by atoms with Crippen LogP contribution in [0, 0.1) is 18.3 Å². The lowest BCUT2D eigenvalue weighted by Gasteiger charge is -2.18. The van der Waals surface area contributed by atoms with Gasteiger partial charge in [-0.3, -0.25) is 0 Å². The molecule has 2 N–H and O–H groups in total. The van der Waals surface area contributed by atoms with Crippen molar-refractivity contribution in [2.75, 3.05) is 5.32 Å². The number of aryl methyl sites for hydroxylation is 1. The van der Waals surface area contributed by atoms with Gasteiger partial charge in [-0.2, -0.15) is 0 Å². The highest BCUT2D eigenvalue weighted by molar-refractivity contribution is 5.90. The molecule has 3 heteroatoms. The van der Waals surface area contributed by atoms with Crippen molar-refractivity contribution in [1.29, 1.82) is 0 Å². The molecule has 0 spiro atoms. The number of anilines is 1. The smallest absolute Gasteiger partial charge is 0.320 e. The normalized spacial score (nSPS) is 11.7. The summed E-state index contributed by atoms with van der Waals surface area (Å²) in [5, 5.41) is 5.67. The minimum atomic E-state index is -0.252. The molecule has 0 bridgehead atoms. The monoisotopic (exact) mass is 258 g/mol. The molecule has 102 valence electrons. The third-order valence-electron chi connectivity index (χ3n) is 2.92. The van der Waals surface area contributed by atoms with E-state index >= 15 is 0 Å². The fourth-order valence-electron chi connectivity index (χ4n) is 1.83. The molecule has 0 saturated carbocycles. The van der Waals surface area contributed by atoms with Gasteiger partial charge in [-0.25, -0.2) is 4.79 Å². The van der Waals surface area contributed by atoms with Crippen molar-refractivity contribution in [1.82, 2.24) is 5.32 Å². The van der Waals surface area contributed by atoms with E-state index in [0.29, 0.717) is 0 Å². The highest BCUT2D eigenvalue weighted by Gasteiger charge is 2.13. The van der Waals surface area contributed by atoms with Crippen LogP contribution < -0.4 is 10.6 Å². The summed E-state index contributed by atoms with van der Waals surface area (Å²) in [4.78, 5) is 11.9. The van der Waals surface area contributed by atoms with Crippen LogP contribution in [0.4, 0.5) is 10.5 Å². The van der Waals surface area contributed by atoms with Crippen LogP contribution in [0.1, 0.15) is 32.8 Å². The fraction of sp³-hybridized carbons (Fsp3) is 0.438. The zero-order valence-corrected chi connectivity index (χ0v) is 11.9. The molecule has 0 aromatic heterocycles. The highest BCUT2D eigenvalue weighted by atomic mass is 16.2. The molecule has 2 amide bonds. The van der Waals surface area contributed by atoms with Gasteiger partial charge in [0.2, 0.25) is 0 Å². The fourth-order valence-corrected chi connectivity index (χ4v) is 1.83. The largest absolute Gasteiger partial charge is 0.324 e. The van der Waals surface area contributed by atoms with Crippen LogP contribution in [0.5, 0.6) is 0 Å². The van der Waals surface area contributed by atoms with Crippen LogP contribution in [-0.2, 0) is 6.42 Å². The van der Waals surface area contributed by atoms with Crippen molar-refractivity contribution in [3.05, 3.63) is 29.8 Å². The SMILES string of the molecule is C#C[C@@H](NC(=O)Nc1ccccc1CCC)C(C)C. The Morgan fingerprint density at radius 3 is 2.63 bits per heavy atom. The standard InChI is InChI=1S/C16H22N2O/c1-5-9-13-10-7-8-11-15(13)18-16(19)17-14(6-2)12(3)4/h2,7-8,10-12,14H,5,9H2,1,3-4H3,(H2,17,18,19)/t14-/m1/s1. The predicted octanol–water partition coefficient (Wildman–Crippen LogP) is 3.42. The second kappa shape index (κ2) is 7.48. The molecule has 3 nitrogen and oxygen atoms in total. The highest BCUT2D eigenvalue weighted by Crippen LogP contribution is 2.16. The molecular formula is C16H22N2O. The van der Waals surface area contributed by atoms with E-state index in [0.717, 1.165) is 24.1 Å². The molecule has 0 radical (unpaired) electrons. The van der Waals surface area contributed by atoms with Crippen molar-refractivity contribution in [2.24, 2.45) is 5.92 Å². The van der Waals surface area contributed by atoms with Crippen LogP contribution in [0.2, 0.25) is 0 Å². The Labute approximate surface area is 115 Å². The third kappa shape index (κ3) is 4.67. The lowest BCUT2D eigenvalue weighted by Crippen LogP contribution is -2.40. The number of amides is 2. The molecule has 1 atom stereocenters. The minimum Gasteiger partial charge on any atom is -0.324 e. The Morgan fingerprint density at radius 1 is 1.37 bits per heavy atom. The van der Waals surface area contributed by atoms with Crippen LogP contribution in [-0.4, -0.2) is 12.1 Å². The molecule has 0 saturated heterocycles. The van der Waals surface area contributed by atoms with Crippen molar-refractivity contribution in [2.45, 2.75) is 39.7 Å². The maximum atomic E-state index is 11.9. The van der Waals surface area contributed by atoms with Gasteiger partial charge in [-0.1, -0.05) is 51.3 Å². The molecule has 0 fully saturated rings. The quantitative estimate of drug-likeness (QED) is 0.781. The van der Waals surface area contributed by atoms with Gasteiger partial charge in [-0.05, 0) is 24.0 Å². The topological polar surface area (TPSA) is 41.1 Å². The number of hydrogen-bond donors (Lipinski definition) is 2. The molecule has 1 aromatic rings. The number of nitrogens with one attached hydrogen (secondary N) is 2. The Balaban J connectivity index is 2.69. The average Bonchev–Trinajstić information content (AvgIpc) is 2.38. The van der Waals surface area contributed by atoms with Crippen LogP contribution in [0.15, 0.2) is 24.3 Å². The first-order valence-electron chi connectivity index (χ1n) is 6.70. The van der Waals surface area contributed by atoms with Crippen molar-refractivity contribution < 1.29 is 4.79 Å². The van der Waals surface area contributed by atoms with E-state index in [2.05, 4.69) is 23.5 Å². The summed E-state index contributed by atoms with van der Waals surface area (Å²) in [5.41, 5.74) is 1.99. The number of hydrogen-bond acceptors (Lipinski definition) is 1. The molecule has 19 heavy (non-hydrogen) atoms. The summed E-state index contributed by atoms with van der Waals surface area (Å²) < 4.78 is 0. The van der Waals surface area contributed by atoms with E-state index in [-0.39, 0.29) is 18.0 Å². The van der Waals surface area contributed by atoms with Crippen molar-refractivity contribution >= 4 is 11.7 Å². The Kier molecular flexibility index (Phi) is 5.95. The van der Waals surface area contributed by atoms with Gasteiger partial charge in [0, 0.05) is 5.69 Å². The van der Waals surface area contributed by atoms with Crippen LogP contribution in [0.3, 0.4) is 0 Å². The zero-order chi connectivity index (χ0) is 14.3. The number of benzene rings is 1. The minimum absolute atomic E-state index is 0.210. The van der Waals surface area contributed by atoms with E-state index in [1.807, 2.05) is 38.1 Å². The number of urea groups is 1. The first-order chi connectivity index (χ1) is 9.08. The van der Waals surface area contributed by atoms with Crippen molar-refractivity contribution in [3.63, 3.8) is 0 Å². The number of terminal acetylenes is 1. The van der Waals surface area contributed by atoms with Gasteiger partial charge in [0.05, 0.1) is 6.04 Å². The molecule has 0 unspecified atom stereocenters. The van der Waals surface area contributed by atoms with Gasteiger partial charge >= 0.3 is 6.03 Å². The number of carbonyl (C=O) groups is 1. The first kappa shape index (κ1) is 15.1. The maximum Gasteiger partial charge on any atom is 0.320 e. The van der Waals surface area contributed by atoms with Crippen LogP contribution >= 0.6 is 0 Å². The van der Waals surface area contributed by atoms with Gasteiger partial charge in [0.25, 0.3) is 0 Å². The third-order valence-corrected chi connectivity index (χ3v) is 2.92. The van der Waals surface area contributed by atoms with E-state index in [4.69, 9.17) is 6.42 Å². The first-order valence-corrected chi connectivity index (χ1v) is 6.70. The Bertz CT molecular complexity index is 460. The van der Waals surface area contributed by atoms with E-state index in [1.54, 1.807) is 0 Å². The lowest BCUT2D eigenvalue weighted by atomic mass is 10.1. The summed E-state index contributed by atoms with van der Waals surface area (Å²) in [7, 11) is 0. The molecule has 0 aliphatic rings. The van der Waals surface area contributed by atoms with Crippen LogP contribution in [0.25, 0.3) is 0 Å². The van der Waals surface area contributed by atoms with Gasteiger partial charge in [-0.15, -0.1) is 6.42 Å². The van der Waals surface area contributed by atoms with Crippen molar-refractivity contribution in [3.8, 4) is 12.3 Å². The summed E-state index contributed by atoms with van der Waals surface area (Å²) in [6, 6.07) is 7.33. The van der Waals surface area contributed by atoms with Gasteiger partial charge in [0.15, 0.2) is 0 Å².